The zero-order valence-electron chi connectivity index (χ0n) is 9.56. The van der Waals surface area contributed by atoms with E-state index in [1.54, 1.807) is 6.07 Å². The molecule has 0 aliphatic heterocycles. The topological polar surface area (TPSA) is 52.0 Å². The van der Waals surface area contributed by atoms with Crippen LogP contribution in [-0.4, -0.2) is 4.98 Å². The van der Waals surface area contributed by atoms with Gasteiger partial charge in [-0.05, 0) is 29.8 Å². The van der Waals surface area contributed by atoms with Gasteiger partial charge >= 0.3 is 0 Å². The molecule has 0 atom stereocenters. The maximum atomic E-state index is 6.04. The second-order valence-electron chi connectivity index (χ2n) is 4.11. The highest BCUT2D eigenvalue weighted by Crippen LogP contribution is 2.25. The molecule has 3 nitrogen and oxygen atoms in total. The van der Waals surface area contributed by atoms with Crippen LogP contribution in [-0.2, 0) is 6.42 Å². The van der Waals surface area contributed by atoms with Gasteiger partial charge in [-0.2, -0.15) is 0 Å². The van der Waals surface area contributed by atoms with Crippen LogP contribution < -0.4 is 5.73 Å². The first-order valence-corrected chi connectivity index (χ1v) is 5.98. The summed E-state index contributed by atoms with van der Waals surface area (Å²) in [6.07, 6.45) is 0.630. The van der Waals surface area contributed by atoms with Crippen molar-refractivity contribution >= 4 is 28.4 Å². The average Bonchev–Trinajstić information content (AvgIpc) is 2.76. The van der Waals surface area contributed by atoms with Gasteiger partial charge in [0.05, 0.1) is 5.02 Å². The Morgan fingerprint density at radius 1 is 1.11 bits per heavy atom. The first kappa shape index (κ1) is 11.1. The average molecular weight is 259 g/mol. The number of aromatic nitrogens is 1. The highest BCUT2D eigenvalue weighted by Gasteiger charge is 2.08. The Kier molecular flexibility index (Phi) is 2.68. The number of nitrogens with zero attached hydrogens (tertiary/aromatic N) is 1. The number of anilines is 1. The van der Waals surface area contributed by atoms with Crippen molar-refractivity contribution in [2.24, 2.45) is 0 Å². The lowest BCUT2D eigenvalue weighted by Gasteiger charge is -1.97. The van der Waals surface area contributed by atoms with Crippen LogP contribution in [0.3, 0.4) is 0 Å². The molecule has 0 radical (unpaired) electrons. The smallest absolute Gasteiger partial charge is 0.199 e. The first-order valence-electron chi connectivity index (χ1n) is 5.61. The highest BCUT2D eigenvalue weighted by atomic mass is 35.5. The second-order valence-corrected chi connectivity index (χ2v) is 4.52. The molecule has 3 aromatic rings. The van der Waals surface area contributed by atoms with Crippen LogP contribution in [0.1, 0.15) is 11.5 Å². The molecule has 2 aromatic carbocycles. The molecule has 2 N–H and O–H groups in total. The molecule has 0 fully saturated rings. The summed E-state index contributed by atoms with van der Waals surface area (Å²) in [4.78, 5) is 4.41. The number of fused-ring (bicyclic) bond motifs is 1. The van der Waals surface area contributed by atoms with E-state index >= 15 is 0 Å². The minimum Gasteiger partial charge on any atom is -0.439 e. The zero-order chi connectivity index (χ0) is 12.5. The van der Waals surface area contributed by atoms with Gasteiger partial charge in [0.1, 0.15) is 5.52 Å². The molecule has 0 aliphatic rings. The minimum atomic E-state index is 0.587. The van der Waals surface area contributed by atoms with Crippen molar-refractivity contribution in [2.75, 3.05) is 5.73 Å². The predicted molar refractivity (Wildman–Crippen MR) is 72.7 cm³/mol. The second kappa shape index (κ2) is 4.35. The van der Waals surface area contributed by atoms with Gasteiger partial charge in [-0.25, -0.2) is 4.98 Å². The number of hydrogen-bond acceptors (Lipinski definition) is 3. The third-order valence-corrected chi connectivity index (χ3v) is 3.04. The maximum Gasteiger partial charge on any atom is 0.199 e. The van der Waals surface area contributed by atoms with Crippen LogP contribution in [0.2, 0.25) is 5.02 Å². The Morgan fingerprint density at radius 2 is 1.89 bits per heavy atom. The van der Waals surface area contributed by atoms with Gasteiger partial charge in [-0.15, -0.1) is 0 Å². The van der Waals surface area contributed by atoms with E-state index in [0.717, 1.165) is 16.8 Å². The lowest BCUT2D eigenvalue weighted by atomic mass is 10.1. The first-order chi connectivity index (χ1) is 8.72. The molecule has 0 saturated carbocycles. The molecule has 90 valence electrons. The number of hydrogen-bond donors (Lipinski definition) is 1. The van der Waals surface area contributed by atoms with Gasteiger partial charge in [0, 0.05) is 12.1 Å². The van der Waals surface area contributed by atoms with Gasteiger partial charge in [0.2, 0.25) is 0 Å². The monoisotopic (exact) mass is 258 g/mol. The number of oxazole rings is 1. The van der Waals surface area contributed by atoms with E-state index in [4.69, 9.17) is 21.8 Å². The Bertz CT molecular complexity index is 689. The van der Waals surface area contributed by atoms with E-state index in [9.17, 15) is 0 Å². The number of para-hydroxylation sites is 1. The summed E-state index contributed by atoms with van der Waals surface area (Å²) in [6.45, 7) is 0. The number of benzene rings is 2. The summed E-state index contributed by atoms with van der Waals surface area (Å²) in [5, 5.41) is 0.587. The van der Waals surface area contributed by atoms with E-state index in [-0.39, 0.29) is 0 Å². The molecule has 18 heavy (non-hydrogen) atoms. The van der Waals surface area contributed by atoms with E-state index in [2.05, 4.69) is 4.98 Å². The van der Waals surface area contributed by atoms with Crippen molar-refractivity contribution < 1.29 is 4.42 Å². The minimum absolute atomic E-state index is 0.587. The van der Waals surface area contributed by atoms with Crippen LogP contribution >= 0.6 is 11.6 Å². The molecule has 0 saturated heterocycles. The normalized spacial score (nSPS) is 10.9. The van der Waals surface area contributed by atoms with Crippen LogP contribution in [0.15, 0.2) is 46.9 Å². The fraction of sp³-hybridized carbons (Fsp3) is 0.0714. The summed E-state index contributed by atoms with van der Waals surface area (Å²) in [6, 6.07) is 13.2. The standard InChI is InChI=1S/C14H11ClN2O/c15-11-2-1-3-12-14(11)18-13(17-12)8-9-4-6-10(16)7-5-9/h1-7H,8,16H2. The summed E-state index contributed by atoms with van der Waals surface area (Å²) in [5.41, 5.74) is 8.93. The number of halogens is 1. The Balaban J connectivity index is 1.95. The molecule has 4 heteroatoms. The summed E-state index contributed by atoms with van der Waals surface area (Å²) in [7, 11) is 0. The van der Waals surface area contributed by atoms with Crippen LogP contribution in [0.5, 0.6) is 0 Å². The fourth-order valence-electron chi connectivity index (χ4n) is 1.85. The zero-order valence-corrected chi connectivity index (χ0v) is 10.3. The molecule has 0 aliphatic carbocycles. The molecule has 0 bridgehead atoms. The van der Waals surface area contributed by atoms with Crippen molar-refractivity contribution in [1.29, 1.82) is 0 Å². The van der Waals surface area contributed by atoms with Gasteiger partial charge in [-0.1, -0.05) is 29.8 Å². The van der Waals surface area contributed by atoms with Crippen molar-refractivity contribution in [2.45, 2.75) is 6.42 Å². The fourth-order valence-corrected chi connectivity index (χ4v) is 2.06. The highest BCUT2D eigenvalue weighted by molar-refractivity contribution is 6.34. The van der Waals surface area contributed by atoms with E-state index < -0.39 is 0 Å². The van der Waals surface area contributed by atoms with E-state index in [0.29, 0.717) is 22.9 Å². The number of nitrogen functional groups attached to an aromatic ring is 1. The van der Waals surface area contributed by atoms with Crippen LogP contribution in [0.25, 0.3) is 11.1 Å². The largest absolute Gasteiger partial charge is 0.439 e. The number of nitrogens with two attached hydrogens (primary N) is 1. The van der Waals surface area contributed by atoms with Gasteiger partial charge in [0.25, 0.3) is 0 Å². The van der Waals surface area contributed by atoms with Crippen molar-refractivity contribution in [3.63, 3.8) is 0 Å². The molecule has 3 rings (SSSR count). The number of rotatable bonds is 2. The third-order valence-electron chi connectivity index (χ3n) is 2.75. The Labute approximate surface area is 109 Å². The molecule has 1 heterocycles. The molecule has 1 aromatic heterocycles. The predicted octanol–water partition coefficient (Wildman–Crippen LogP) is 3.65. The van der Waals surface area contributed by atoms with Crippen LogP contribution in [0, 0.1) is 0 Å². The molecule has 0 unspecified atom stereocenters. The summed E-state index contributed by atoms with van der Waals surface area (Å²) < 4.78 is 5.66. The Hall–Kier alpha value is -2.00. The summed E-state index contributed by atoms with van der Waals surface area (Å²) >= 11 is 6.04. The SMILES string of the molecule is Nc1ccc(Cc2nc3cccc(Cl)c3o2)cc1. The lowest BCUT2D eigenvalue weighted by Crippen LogP contribution is -1.89. The molecule has 0 amide bonds. The molecular formula is C14H11ClN2O. The third kappa shape index (κ3) is 2.05. The van der Waals surface area contributed by atoms with Crippen molar-refractivity contribution in [3.05, 3.63) is 58.9 Å². The van der Waals surface area contributed by atoms with Gasteiger partial charge < -0.3 is 10.2 Å². The Morgan fingerprint density at radius 3 is 2.61 bits per heavy atom. The lowest BCUT2D eigenvalue weighted by molar-refractivity contribution is 0.544. The molecule has 0 spiro atoms. The van der Waals surface area contributed by atoms with Gasteiger partial charge in [0.15, 0.2) is 11.5 Å². The maximum absolute atomic E-state index is 6.04. The van der Waals surface area contributed by atoms with Gasteiger partial charge in [-0.3, -0.25) is 0 Å². The van der Waals surface area contributed by atoms with Crippen molar-refractivity contribution in [1.82, 2.24) is 4.98 Å². The van der Waals surface area contributed by atoms with E-state index in [1.807, 2.05) is 36.4 Å². The summed E-state index contributed by atoms with van der Waals surface area (Å²) in [5.74, 6) is 0.655. The van der Waals surface area contributed by atoms with Crippen LogP contribution in [0.4, 0.5) is 5.69 Å². The van der Waals surface area contributed by atoms with E-state index in [1.165, 1.54) is 0 Å². The quantitative estimate of drug-likeness (QED) is 0.714. The van der Waals surface area contributed by atoms with Crippen molar-refractivity contribution in [3.8, 4) is 0 Å². The molecular weight excluding hydrogens is 248 g/mol.